The van der Waals surface area contributed by atoms with E-state index in [0.29, 0.717) is 6.42 Å². The quantitative estimate of drug-likeness (QED) is 0.174. The molecule has 2 atom stereocenters. The zero-order chi connectivity index (χ0) is 21.3. The van der Waals surface area contributed by atoms with Gasteiger partial charge in [-0.2, -0.15) is 8.42 Å². The number of rotatable bonds is 18. The molecule has 0 bridgehead atoms. The summed E-state index contributed by atoms with van der Waals surface area (Å²) < 4.78 is 31.5. The SMILES string of the molecule is CCCCC/C=C/C(O)C(CS(=O)(=O)O)NC(=O)CCCCCCCCCC. The Bertz CT molecular complexity index is 519. The third-order valence-corrected chi connectivity index (χ3v) is 5.49. The van der Waals surface area contributed by atoms with Crippen molar-refractivity contribution in [3.63, 3.8) is 0 Å². The summed E-state index contributed by atoms with van der Waals surface area (Å²) in [4.78, 5) is 12.1. The molecule has 3 N–H and O–H groups in total. The molecule has 0 aromatic heterocycles. The number of nitrogens with one attached hydrogen (secondary N) is 1. The van der Waals surface area contributed by atoms with Gasteiger partial charge in [0.2, 0.25) is 5.91 Å². The van der Waals surface area contributed by atoms with Crippen molar-refractivity contribution < 1.29 is 22.9 Å². The van der Waals surface area contributed by atoms with E-state index < -0.39 is 28.0 Å². The van der Waals surface area contributed by atoms with Gasteiger partial charge in [-0.1, -0.05) is 83.8 Å². The van der Waals surface area contributed by atoms with Gasteiger partial charge in [0.05, 0.1) is 17.9 Å². The molecule has 0 aliphatic carbocycles. The van der Waals surface area contributed by atoms with Gasteiger partial charge in [0.15, 0.2) is 0 Å². The fourth-order valence-electron chi connectivity index (χ4n) is 3.03. The first kappa shape index (κ1) is 27.1. The van der Waals surface area contributed by atoms with Crippen LogP contribution in [0.25, 0.3) is 0 Å². The van der Waals surface area contributed by atoms with E-state index in [0.717, 1.165) is 44.9 Å². The van der Waals surface area contributed by atoms with Crippen LogP contribution in [0.3, 0.4) is 0 Å². The predicted octanol–water partition coefficient (Wildman–Crippen LogP) is 4.39. The molecular weight excluding hydrogens is 378 g/mol. The van der Waals surface area contributed by atoms with E-state index in [4.69, 9.17) is 4.55 Å². The van der Waals surface area contributed by atoms with Crippen LogP contribution in [-0.4, -0.2) is 41.9 Å². The van der Waals surface area contributed by atoms with Crippen LogP contribution in [0.4, 0.5) is 0 Å². The van der Waals surface area contributed by atoms with Gasteiger partial charge in [-0.25, -0.2) is 0 Å². The molecule has 0 saturated carbocycles. The van der Waals surface area contributed by atoms with E-state index in [1.165, 1.54) is 38.2 Å². The van der Waals surface area contributed by atoms with Crippen LogP contribution in [-0.2, 0) is 14.9 Å². The molecule has 0 radical (unpaired) electrons. The summed E-state index contributed by atoms with van der Waals surface area (Å²) in [6.45, 7) is 4.29. The minimum atomic E-state index is -4.30. The van der Waals surface area contributed by atoms with Gasteiger partial charge >= 0.3 is 0 Å². The van der Waals surface area contributed by atoms with Gasteiger partial charge in [0.1, 0.15) is 0 Å². The maximum absolute atomic E-state index is 12.1. The fourth-order valence-corrected chi connectivity index (χ4v) is 3.77. The number of carbonyl (C=O) groups excluding carboxylic acids is 1. The van der Waals surface area contributed by atoms with Gasteiger partial charge < -0.3 is 10.4 Å². The molecule has 0 aliphatic heterocycles. The average molecular weight is 420 g/mol. The highest BCUT2D eigenvalue weighted by atomic mass is 32.2. The normalized spacial score (nSPS) is 14.3. The van der Waals surface area contributed by atoms with Crippen molar-refractivity contribution in [3.05, 3.63) is 12.2 Å². The van der Waals surface area contributed by atoms with Gasteiger partial charge in [0.25, 0.3) is 10.1 Å². The molecule has 7 heteroatoms. The summed E-state index contributed by atoms with van der Waals surface area (Å²) >= 11 is 0. The second-order valence-corrected chi connectivity index (χ2v) is 9.06. The molecule has 28 heavy (non-hydrogen) atoms. The largest absolute Gasteiger partial charge is 0.387 e. The van der Waals surface area contributed by atoms with E-state index in [1.54, 1.807) is 6.08 Å². The van der Waals surface area contributed by atoms with Gasteiger partial charge in [-0.15, -0.1) is 0 Å². The number of hydrogen-bond acceptors (Lipinski definition) is 4. The molecule has 6 nitrogen and oxygen atoms in total. The van der Waals surface area contributed by atoms with Crippen molar-refractivity contribution >= 4 is 16.0 Å². The van der Waals surface area contributed by atoms with E-state index in [-0.39, 0.29) is 5.91 Å². The molecular formula is C21H41NO5S. The number of amides is 1. The maximum atomic E-state index is 12.1. The molecule has 0 aromatic carbocycles. The fraction of sp³-hybridized carbons (Fsp3) is 0.857. The number of hydrogen-bond donors (Lipinski definition) is 3. The minimum Gasteiger partial charge on any atom is -0.387 e. The van der Waals surface area contributed by atoms with Gasteiger partial charge in [-0.05, 0) is 19.3 Å². The third kappa shape index (κ3) is 17.2. The minimum absolute atomic E-state index is 0.293. The Morgan fingerprint density at radius 3 is 2.04 bits per heavy atom. The molecule has 2 unspecified atom stereocenters. The van der Waals surface area contributed by atoms with Crippen LogP contribution in [0.1, 0.15) is 97.3 Å². The van der Waals surface area contributed by atoms with Gasteiger partial charge in [-0.3, -0.25) is 9.35 Å². The number of allylic oxidation sites excluding steroid dienone is 1. The molecule has 1 amide bonds. The van der Waals surface area contributed by atoms with Crippen LogP contribution >= 0.6 is 0 Å². The molecule has 0 rings (SSSR count). The Labute approximate surface area is 171 Å². The Morgan fingerprint density at radius 2 is 1.46 bits per heavy atom. The summed E-state index contributed by atoms with van der Waals surface area (Å²) in [5.41, 5.74) is 0. The van der Waals surface area contributed by atoms with Crippen LogP contribution in [0.15, 0.2) is 12.2 Å². The van der Waals surface area contributed by atoms with Crippen LogP contribution in [0.5, 0.6) is 0 Å². The summed E-state index contributed by atoms with van der Waals surface area (Å²) in [6, 6.07) is -1.04. The smallest absolute Gasteiger partial charge is 0.267 e. The third-order valence-electron chi connectivity index (χ3n) is 4.71. The molecule has 0 heterocycles. The highest BCUT2D eigenvalue weighted by Gasteiger charge is 2.24. The van der Waals surface area contributed by atoms with E-state index >= 15 is 0 Å². The number of aliphatic hydroxyl groups is 1. The number of carbonyl (C=O) groups is 1. The first-order valence-electron chi connectivity index (χ1n) is 10.9. The standard InChI is InChI=1S/C21H41NO5S/c1-3-5-7-9-10-11-13-15-17-21(24)22-19(18-28(25,26)27)20(23)16-14-12-8-6-4-2/h14,16,19-20,23H,3-13,15,17-18H2,1-2H3,(H,22,24)(H,25,26,27)/b16-14+. The van der Waals surface area contributed by atoms with Crippen molar-refractivity contribution in [1.82, 2.24) is 5.32 Å². The van der Waals surface area contributed by atoms with Crippen molar-refractivity contribution in [2.24, 2.45) is 0 Å². The lowest BCUT2D eigenvalue weighted by atomic mass is 10.1. The lowest BCUT2D eigenvalue weighted by Gasteiger charge is -2.21. The van der Waals surface area contributed by atoms with E-state index in [9.17, 15) is 18.3 Å². The predicted molar refractivity (Wildman–Crippen MR) is 115 cm³/mol. The summed E-state index contributed by atoms with van der Waals surface area (Å²) in [6.07, 6.45) is 15.4. The first-order chi connectivity index (χ1) is 13.3. The Kier molecular flexibility index (Phi) is 16.4. The monoisotopic (exact) mass is 419 g/mol. The topological polar surface area (TPSA) is 104 Å². The second kappa shape index (κ2) is 17.0. The molecule has 0 spiro atoms. The Morgan fingerprint density at radius 1 is 0.929 bits per heavy atom. The highest BCUT2D eigenvalue weighted by Crippen LogP contribution is 2.10. The van der Waals surface area contributed by atoms with Gasteiger partial charge in [0, 0.05) is 6.42 Å². The molecule has 166 valence electrons. The number of aliphatic hydroxyl groups excluding tert-OH is 1. The van der Waals surface area contributed by atoms with Crippen LogP contribution < -0.4 is 5.32 Å². The van der Waals surface area contributed by atoms with Crippen molar-refractivity contribution in [3.8, 4) is 0 Å². The molecule has 0 fully saturated rings. The highest BCUT2D eigenvalue weighted by molar-refractivity contribution is 7.85. The molecule has 0 saturated heterocycles. The zero-order valence-electron chi connectivity index (χ0n) is 17.7. The molecule has 0 aliphatic rings. The van der Waals surface area contributed by atoms with Crippen molar-refractivity contribution in [2.45, 2.75) is 109 Å². The zero-order valence-corrected chi connectivity index (χ0v) is 18.6. The number of unbranched alkanes of at least 4 members (excludes halogenated alkanes) is 10. The lowest BCUT2D eigenvalue weighted by Crippen LogP contribution is -2.46. The second-order valence-electron chi connectivity index (χ2n) is 7.56. The van der Waals surface area contributed by atoms with Crippen LogP contribution in [0.2, 0.25) is 0 Å². The summed E-state index contributed by atoms with van der Waals surface area (Å²) in [7, 11) is -4.30. The Hall–Kier alpha value is -0.920. The summed E-state index contributed by atoms with van der Waals surface area (Å²) in [5.74, 6) is -0.991. The Balaban J connectivity index is 4.29. The first-order valence-corrected chi connectivity index (χ1v) is 12.5. The van der Waals surface area contributed by atoms with Crippen LogP contribution in [0, 0.1) is 0 Å². The van der Waals surface area contributed by atoms with E-state index in [1.807, 2.05) is 0 Å². The average Bonchev–Trinajstić information content (AvgIpc) is 2.62. The summed E-state index contributed by atoms with van der Waals surface area (Å²) in [5, 5.41) is 12.8. The molecule has 0 aromatic rings. The maximum Gasteiger partial charge on any atom is 0.267 e. The van der Waals surface area contributed by atoms with E-state index in [2.05, 4.69) is 19.2 Å². The lowest BCUT2D eigenvalue weighted by molar-refractivity contribution is -0.122. The van der Waals surface area contributed by atoms with Crippen molar-refractivity contribution in [1.29, 1.82) is 0 Å². The van der Waals surface area contributed by atoms with Crippen molar-refractivity contribution in [2.75, 3.05) is 5.75 Å².